The molecule has 1 aliphatic rings. The minimum Gasteiger partial charge on any atom is -0.468 e. The highest BCUT2D eigenvalue weighted by Crippen LogP contribution is 2.34. The van der Waals surface area contributed by atoms with Gasteiger partial charge in [-0.05, 0) is 0 Å². The Morgan fingerprint density at radius 2 is 2.16 bits per heavy atom. The minimum atomic E-state index is -1.20. The van der Waals surface area contributed by atoms with Gasteiger partial charge >= 0.3 is 0 Å². The van der Waals surface area contributed by atoms with E-state index in [1.807, 2.05) is 0 Å². The second kappa shape index (κ2) is 4.34. The van der Waals surface area contributed by atoms with Crippen molar-refractivity contribution < 1.29 is 14.9 Å². The largest absolute Gasteiger partial charge is 0.468 e. The molecule has 0 saturated carbocycles. The van der Waals surface area contributed by atoms with Gasteiger partial charge < -0.3 is 20.7 Å². The van der Waals surface area contributed by atoms with Crippen molar-refractivity contribution in [3.8, 4) is 0 Å². The molecule has 0 aliphatic carbocycles. The smallest absolute Gasteiger partial charge is 0.207 e. The molecule has 2 aromatic rings. The van der Waals surface area contributed by atoms with E-state index >= 15 is 0 Å². The van der Waals surface area contributed by atoms with E-state index in [9.17, 15) is 10.2 Å². The summed E-state index contributed by atoms with van der Waals surface area (Å²) in [5, 5.41) is 19.7. The van der Waals surface area contributed by atoms with Gasteiger partial charge in [0.05, 0.1) is 0 Å². The summed E-state index contributed by atoms with van der Waals surface area (Å²) < 4.78 is 6.85. The number of hydrogen-bond acceptors (Lipinski definition) is 7. The molecule has 9 heteroatoms. The van der Waals surface area contributed by atoms with Gasteiger partial charge in [-0.2, -0.15) is 0 Å². The Bertz CT molecular complexity index is 658. The van der Waals surface area contributed by atoms with Crippen LogP contribution in [-0.2, 0) is 4.74 Å². The highest BCUT2D eigenvalue weighted by atomic mass is 35.5. The van der Waals surface area contributed by atoms with Gasteiger partial charge in [0.1, 0.15) is 36.1 Å². The van der Waals surface area contributed by atoms with E-state index in [4.69, 9.17) is 22.1 Å². The van der Waals surface area contributed by atoms with Crippen LogP contribution in [0.4, 0.5) is 5.82 Å². The van der Waals surface area contributed by atoms with E-state index in [0.29, 0.717) is 11.2 Å². The lowest BCUT2D eigenvalue weighted by atomic mass is 10.2. The number of hydrogen-bond donors (Lipinski definition) is 3. The SMILES string of the molecule is Nc1ncnc2c1ncn2[C@@H]1OC(=CCl)[C@@H](O)[C@H]1O. The third-order valence-corrected chi connectivity index (χ3v) is 3.15. The van der Waals surface area contributed by atoms with E-state index in [1.54, 1.807) is 0 Å². The van der Waals surface area contributed by atoms with Gasteiger partial charge in [0.25, 0.3) is 0 Å². The molecule has 19 heavy (non-hydrogen) atoms. The molecule has 8 nitrogen and oxygen atoms in total. The lowest BCUT2D eigenvalue weighted by Gasteiger charge is -2.15. The van der Waals surface area contributed by atoms with Crippen LogP contribution >= 0.6 is 11.6 Å². The Hall–Kier alpha value is -1.90. The lowest BCUT2D eigenvalue weighted by Crippen LogP contribution is -2.27. The highest BCUT2D eigenvalue weighted by Gasteiger charge is 2.41. The maximum absolute atomic E-state index is 9.96. The third kappa shape index (κ3) is 1.72. The van der Waals surface area contributed by atoms with Crippen molar-refractivity contribution in [1.29, 1.82) is 0 Å². The number of fused-ring (bicyclic) bond motifs is 1. The molecule has 0 spiro atoms. The fourth-order valence-corrected chi connectivity index (χ4v) is 2.15. The maximum Gasteiger partial charge on any atom is 0.207 e. The van der Waals surface area contributed by atoms with Crippen molar-refractivity contribution >= 4 is 28.6 Å². The average molecular weight is 284 g/mol. The number of nitrogens with two attached hydrogens (primary N) is 1. The van der Waals surface area contributed by atoms with Crippen LogP contribution in [0.15, 0.2) is 23.9 Å². The first kappa shape index (κ1) is 12.2. The molecule has 0 unspecified atom stereocenters. The van der Waals surface area contributed by atoms with Gasteiger partial charge in [-0.3, -0.25) is 4.57 Å². The van der Waals surface area contributed by atoms with Gasteiger partial charge in [0.2, 0.25) is 6.23 Å². The standard InChI is InChI=1S/C10H10ClN5O3/c11-1-4-6(17)7(18)10(19-4)16-3-15-5-8(12)13-2-14-9(5)16/h1-3,6-7,10,17-18H,(H2,12,13,14)/t6-,7-,10-/m1/s1. The van der Waals surface area contributed by atoms with Gasteiger partial charge in [-0.15, -0.1) is 0 Å². The summed E-state index contributed by atoms with van der Waals surface area (Å²) in [6.45, 7) is 0. The molecule has 0 amide bonds. The molecular formula is C10H10ClN5O3. The maximum atomic E-state index is 9.96. The van der Waals surface area contributed by atoms with Crippen molar-refractivity contribution in [2.24, 2.45) is 0 Å². The normalized spacial score (nSPS) is 29.0. The summed E-state index contributed by atoms with van der Waals surface area (Å²) in [5.41, 5.74) is 7.55. The van der Waals surface area contributed by atoms with Crippen molar-refractivity contribution in [3.63, 3.8) is 0 Å². The summed E-state index contributed by atoms with van der Waals surface area (Å²) in [7, 11) is 0. The number of nitrogens with zero attached hydrogens (tertiary/aromatic N) is 4. The number of halogens is 1. The van der Waals surface area contributed by atoms with Gasteiger partial charge in [-0.25, -0.2) is 15.0 Å². The number of rotatable bonds is 1. The van der Waals surface area contributed by atoms with Gasteiger partial charge in [0.15, 0.2) is 11.5 Å². The second-order valence-electron chi connectivity index (χ2n) is 4.04. The second-order valence-corrected chi connectivity index (χ2v) is 4.26. The first-order valence-electron chi connectivity index (χ1n) is 5.39. The van der Waals surface area contributed by atoms with E-state index < -0.39 is 18.4 Å². The molecule has 3 rings (SSSR count). The monoisotopic (exact) mass is 283 g/mol. The Kier molecular flexibility index (Phi) is 2.77. The Morgan fingerprint density at radius 1 is 1.37 bits per heavy atom. The molecule has 100 valence electrons. The van der Waals surface area contributed by atoms with E-state index in [-0.39, 0.29) is 11.6 Å². The molecule has 3 atom stereocenters. The van der Waals surface area contributed by atoms with E-state index in [1.165, 1.54) is 17.2 Å². The summed E-state index contributed by atoms with van der Waals surface area (Å²) in [5.74, 6) is 0.313. The number of anilines is 1. The minimum absolute atomic E-state index is 0.0862. The molecule has 1 saturated heterocycles. The van der Waals surface area contributed by atoms with Crippen LogP contribution in [0.2, 0.25) is 0 Å². The van der Waals surface area contributed by atoms with Crippen LogP contribution in [0.1, 0.15) is 6.23 Å². The van der Waals surface area contributed by atoms with Gasteiger partial charge in [-0.1, -0.05) is 11.6 Å². The van der Waals surface area contributed by atoms with E-state index in [2.05, 4.69) is 15.0 Å². The molecular weight excluding hydrogens is 274 g/mol. The van der Waals surface area contributed by atoms with Gasteiger partial charge in [0, 0.05) is 5.54 Å². The topological polar surface area (TPSA) is 119 Å². The predicted octanol–water partition coefficient (Wildman–Crippen LogP) is -0.261. The predicted molar refractivity (Wildman–Crippen MR) is 65.8 cm³/mol. The molecule has 1 fully saturated rings. The van der Waals surface area contributed by atoms with Crippen LogP contribution in [0, 0.1) is 0 Å². The lowest BCUT2D eigenvalue weighted by molar-refractivity contribution is -0.0118. The molecule has 0 aromatic carbocycles. The van der Waals surface area contributed by atoms with Crippen molar-refractivity contribution in [2.75, 3.05) is 5.73 Å². The third-order valence-electron chi connectivity index (χ3n) is 2.93. The molecule has 3 heterocycles. The zero-order valence-electron chi connectivity index (χ0n) is 9.51. The summed E-state index contributed by atoms with van der Waals surface area (Å²) >= 11 is 5.51. The van der Waals surface area contributed by atoms with Crippen molar-refractivity contribution in [2.45, 2.75) is 18.4 Å². The number of aliphatic hydroxyl groups excluding tert-OH is 2. The molecule has 0 radical (unpaired) electrons. The number of aliphatic hydroxyl groups is 2. The van der Waals surface area contributed by atoms with Crippen LogP contribution in [0.5, 0.6) is 0 Å². The zero-order chi connectivity index (χ0) is 13.6. The summed E-state index contributed by atoms with van der Waals surface area (Å²) in [6.07, 6.45) is -0.559. The summed E-state index contributed by atoms with van der Waals surface area (Å²) in [6, 6.07) is 0. The number of ether oxygens (including phenoxy) is 1. The Balaban J connectivity index is 2.09. The molecule has 1 aliphatic heterocycles. The van der Waals surface area contributed by atoms with Crippen LogP contribution < -0.4 is 5.73 Å². The number of aromatic nitrogens is 4. The first-order valence-corrected chi connectivity index (χ1v) is 5.83. The van der Waals surface area contributed by atoms with Crippen molar-refractivity contribution in [3.05, 3.63) is 23.9 Å². The Morgan fingerprint density at radius 3 is 2.84 bits per heavy atom. The first-order chi connectivity index (χ1) is 9.13. The van der Waals surface area contributed by atoms with E-state index in [0.717, 1.165) is 5.54 Å². The molecule has 4 N–H and O–H groups in total. The van der Waals surface area contributed by atoms with Crippen LogP contribution in [-0.4, -0.2) is 41.9 Å². The quantitative estimate of drug-likeness (QED) is 0.659. The van der Waals surface area contributed by atoms with Crippen molar-refractivity contribution in [1.82, 2.24) is 19.5 Å². The Labute approximate surface area is 112 Å². The zero-order valence-corrected chi connectivity index (χ0v) is 10.3. The molecule has 0 bridgehead atoms. The van der Waals surface area contributed by atoms with Crippen LogP contribution in [0.25, 0.3) is 11.2 Å². The average Bonchev–Trinajstić information content (AvgIpc) is 2.94. The fourth-order valence-electron chi connectivity index (χ4n) is 1.97. The van der Waals surface area contributed by atoms with Crippen LogP contribution in [0.3, 0.4) is 0 Å². The highest BCUT2D eigenvalue weighted by molar-refractivity contribution is 6.25. The number of imidazole rings is 1. The number of nitrogen functional groups attached to an aromatic ring is 1. The molecule has 2 aromatic heterocycles. The summed E-state index contributed by atoms with van der Waals surface area (Å²) in [4.78, 5) is 11.9. The fraction of sp³-hybridized carbons (Fsp3) is 0.300.